The van der Waals surface area contributed by atoms with Gasteiger partial charge in [0.25, 0.3) is 5.91 Å². The molecule has 0 aliphatic heterocycles. The van der Waals surface area contributed by atoms with Crippen LogP contribution in [0.1, 0.15) is 17.3 Å². The quantitative estimate of drug-likeness (QED) is 0.926. The number of nitrogens with one attached hydrogen (secondary N) is 1. The van der Waals surface area contributed by atoms with Gasteiger partial charge < -0.3 is 5.32 Å². The van der Waals surface area contributed by atoms with Crippen molar-refractivity contribution >= 4 is 33.6 Å². The third-order valence-electron chi connectivity index (χ3n) is 2.15. The maximum atomic E-state index is 13.2. The largest absolute Gasteiger partial charge is 0.351 e. The number of carbonyl (C=O) groups is 1. The molecule has 16 heavy (non-hydrogen) atoms. The van der Waals surface area contributed by atoms with E-state index in [1.165, 1.54) is 12.1 Å². The first-order chi connectivity index (χ1) is 7.56. The summed E-state index contributed by atoms with van der Waals surface area (Å²) in [5, 5.41) is 3.11. The van der Waals surface area contributed by atoms with Gasteiger partial charge in [-0.25, -0.2) is 4.39 Å². The molecule has 0 aliphatic rings. The highest BCUT2D eigenvalue weighted by atomic mass is 79.9. The highest BCUT2D eigenvalue weighted by Gasteiger charge is 2.13. The Hall–Kier alpha value is -0.550. The smallest absolute Gasteiger partial charge is 0.252 e. The van der Waals surface area contributed by atoms with E-state index in [1.54, 1.807) is 17.8 Å². The van der Waals surface area contributed by atoms with Crippen LogP contribution < -0.4 is 5.32 Å². The molecule has 0 aliphatic carbocycles. The van der Waals surface area contributed by atoms with Crippen molar-refractivity contribution in [2.75, 3.05) is 12.8 Å². The third kappa shape index (κ3) is 3.49. The molecule has 0 aromatic heterocycles. The van der Waals surface area contributed by atoms with Gasteiger partial charge in [-0.15, -0.1) is 0 Å². The van der Waals surface area contributed by atoms with Crippen LogP contribution in [0.3, 0.4) is 0 Å². The van der Waals surface area contributed by atoms with Crippen LogP contribution in [0, 0.1) is 5.82 Å². The van der Waals surface area contributed by atoms with Crippen molar-refractivity contribution in [3.05, 3.63) is 34.1 Å². The highest BCUT2D eigenvalue weighted by Crippen LogP contribution is 2.20. The summed E-state index contributed by atoms with van der Waals surface area (Å²) in [4.78, 5) is 11.7. The molecule has 0 saturated heterocycles. The van der Waals surface area contributed by atoms with Gasteiger partial charge in [0.2, 0.25) is 0 Å². The number of rotatable bonds is 4. The van der Waals surface area contributed by atoms with Crippen LogP contribution in [-0.4, -0.2) is 24.0 Å². The molecule has 0 spiro atoms. The summed E-state index contributed by atoms with van der Waals surface area (Å²) in [6.07, 6.45) is 1.98. The summed E-state index contributed by atoms with van der Waals surface area (Å²) in [5.74, 6) is -0.683. The van der Waals surface area contributed by atoms with Crippen molar-refractivity contribution in [2.24, 2.45) is 0 Å². The Labute approximate surface area is 107 Å². The lowest BCUT2D eigenvalue weighted by Gasteiger charge is -2.10. The molecule has 0 bridgehead atoms. The first kappa shape index (κ1) is 13.5. The molecule has 1 atom stereocenters. The van der Waals surface area contributed by atoms with E-state index >= 15 is 0 Å². The van der Waals surface area contributed by atoms with E-state index in [4.69, 9.17) is 0 Å². The second-order valence-electron chi connectivity index (χ2n) is 3.36. The molecule has 1 N–H and O–H groups in total. The van der Waals surface area contributed by atoms with E-state index in [2.05, 4.69) is 21.2 Å². The molecule has 0 radical (unpaired) electrons. The van der Waals surface area contributed by atoms with Gasteiger partial charge in [-0.1, -0.05) is 13.0 Å². The average Bonchev–Trinajstić information content (AvgIpc) is 2.29. The zero-order valence-corrected chi connectivity index (χ0v) is 11.5. The van der Waals surface area contributed by atoms with E-state index in [0.29, 0.717) is 17.4 Å². The van der Waals surface area contributed by atoms with Gasteiger partial charge in [-0.2, -0.15) is 11.8 Å². The van der Waals surface area contributed by atoms with E-state index in [9.17, 15) is 9.18 Å². The van der Waals surface area contributed by atoms with Crippen LogP contribution in [0.2, 0.25) is 0 Å². The zero-order valence-electron chi connectivity index (χ0n) is 9.09. The number of thioether (sulfide) groups is 1. The molecule has 0 fully saturated rings. The molecule has 1 aromatic rings. The van der Waals surface area contributed by atoms with Crippen molar-refractivity contribution in [3.63, 3.8) is 0 Å². The number of benzene rings is 1. The van der Waals surface area contributed by atoms with Crippen LogP contribution in [-0.2, 0) is 0 Å². The standard InChI is InChI=1S/C11H13BrFNOS/c1-7(16-2)6-14-11(15)8-4-3-5-9(13)10(8)12/h3-5,7H,6H2,1-2H3,(H,14,15). The highest BCUT2D eigenvalue weighted by molar-refractivity contribution is 9.10. The van der Waals surface area contributed by atoms with Crippen molar-refractivity contribution in [3.8, 4) is 0 Å². The van der Waals surface area contributed by atoms with Crippen molar-refractivity contribution in [2.45, 2.75) is 12.2 Å². The van der Waals surface area contributed by atoms with Gasteiger partial charge in [0.05, 0.1) is 10.0 Å². The van der Waals surface area contributed by atoms with Crippen molar-refractivity contribution < 1.29 is 9.18 Å². The van der Waals surface area contributed by atoms with Crippen molar-refractivity contribution in [1.29, 1.82) is 0 Å². The molecule has 1 aromatic carbocycles. The SMILES string of the molecule is CSC(C)CNC(=O)c1cccc(F)c1Br. The second kappa shape index (κ2) is 6.25. The van der Waals surface area contributed by atoms with Crippen LogP contribution in [0.5, 0.6) is 0 Å². The van der Waals surface area contributed by atoms with Gasteiger partial charge in [0.1, 0.15) is 5.82 Å². The molecule has 1 amide bonds. The molecule has 1 rings (SSSR count). The van der Waals surface area contributed by atoms with Gasteiger partial charge in [-0.3, -0.25) is 4.79 Å². The van der Waals surface area contributed by atoms with Crippen molar-refractivity contribution in [1.82, 2.24) is 5.32 Å². The molecule has 1 unspecified atom stereocenters. The van der Waals surface area contributed by atoms with Crippen LogP contribution in [0.4, 0.5) is 4.39 Å². The Morgan fingerprint density at radius 2 is 2.31 bits per heavy atom. The number of hydrogen-bond acceptors (Lipinski definition) is 2. The molecule has 5 heteroatoms. The monoisotopic (exact) mass is 305 g/mol. The summed E-state index contributed by atoms with van der Waals surface area (Å²) in [5.41, 5.74) is 0.327. The molecule has 88 valence electrons. The lowest BCUT2D eigenvalue weighted by molar-refractivity contribution is 0.0953. The summed E-state index contributed by atoms with van der Waals surface area (Å²) in [7, 11) is 0. The third-order valence-corrected chi connectivity index (χ3v) is 3.93. The van der Waals surface area contributed by atoms with E-state index in [1.807, 2.05) is 13.2 Å². The number of hydrogen-bond donors (Lipinski definition) is 1. The summed E-state index contributed by atoms with van der Waals surface area (Å²) >= 11 is 4.73. The van der Waals surface area contributed by atoms with E-state index < -0.39 is 5.82 Å². The molecule has 0 heterocycles. The Morgan fingerprint density at radius 3 is 2.94 bits per heavy atom. The van der Waals surface area contributed by atoms with E-state index in [0.717, 1.165) is 0 Å². The second-order valence-corrected chi connectivity index (χ2v) is 5.43. The van der Waals surface area contributed by atoms with Gasteiger partial charge >= 0.3 is 0 Å². The molecular formula is C11H13BrFNOS. The molecular weight excluding hydrogens is 293 g/mol. The Kier molecular flexibility index (Phi) is 5.28. The lowest BCUT2D eigenvalue weighted by atomic mass is 10.2. The number of amides is 1. The number of carbonyl (C=O) groups excluding carboxylic acids is 1. The minimum Gasteiger partial charge on any atom is -0.351 e. The fraction of sp³-hybridized carbons (Fsp3) is 0.364. The Balaban J connectivity index is 2.70. The minimum absolute atomic E-state index is 0.212. The maximum Gasteiger partial charge on any atom is 0.252 e. The van der Waals surface area contributed by atoms with Gasteiger partial charge in [-0.05, 0) is 34.3 Å². The first-order valence-corrected chi connectivity index (χ1v) is 6.89. The van der Waals surface area contributed by atoms with Gasteiger partial charge in [0, 0.05) is 11.8 Å². The normalized spacial score (nSPS) is 12.2. The lowest BCUT2D eigenvalue weighted by Crippen LogP contribution is -2.29. The maximum absolute atomic E-state index is 13.2. The molecule has 2 nitrogen and oxygen atoms in total. The fourth-order valence-electron chi connectivity index (χ4n) is 1.09. The number of halogens is 2. The predicted octanol–water partition coefficient (Wildman–Crippen LogP) is 3.07. The van der Waals surface area contributed by atoms with Crippen LogP contribution >= 0.6 is 27.7 Å². The topological polar surface area (TPSA) is 29.1 Å². The van der Waals surface area contributed by atoms with Crippen LogP contribution in [0.15, 0.2) is 22.7 Å². The average molecular weight is 306 g/mol. The summed E-state index contributed by atoms with van der Waals surface area (Å²) in [6, 6.07) is 4.42. The zero-order chi connectivity index (χ0) is 12.1. The summed E-state index contributed by atoms with van der Waals surface area (Å²) in [6.45, 7) is 2.59. The van der Waals surface area contributed by atoms with Crippen LogP contribution in [0.25, 0.3) is 0 Å². The predicted molar refractivity (Wildman–Crippen MR) is 69.4 cm³/mol. The van der Waals surface area contributed by atoms with E-state index in [-0.39, 0.29) is 10.4 Å². The Bertz CT molecular complexity index is 386. The molecule has 0 saturated carbocycles. The summed E-state index contributed by atoms with van der Waals surface area (Å²) < 4.78 is 13.4. The van der Waals surface area contributed by atoms with Gasteiger partial charge in [0.15, 0.2) is 0 Å². The minimum atomic E-state index is -0.425. The fourth-order valence-corrected chi connectivity index (χ4v) is 1.79. The Morgan fingerprint density at radius 1 is 1.62 bits per heavy atom. The first-order valence-electron chi connectivity index (χ1n) is 4.81.